The molecule has 0 fully saturated rings. The summed E-state index contributed by atoms with van der Waals surface area (Å²) in [6, 6.07) is 11.1. The van der Waals surface area contributed by atoms with Crippen LogP contribution in [0.4, 0.5) is 0 Å². The fourth-order valence-electron chi connectivity index (χ4n) is 2.60. The van der Waals surface area contributed by atoms with E-state index in [1.807, 2.05) is 18.4 Å². The summed E-state index contributed by atoms with van der Waals surface area (Å²) in [4.78, 5) is 6.35. The van der Waals surface area contributed by atoms with Gasteiger partial charge in [-0.1, -0.05) is 30.3 Å². The average Bonchev–Trinajstić information content (AvgIpc) is 2.82. The quantitative estimate of drug-likeness (QED) is 0.913. The van der Waals surface area contributed by atoms with Crippen LogP contribution in [0, 0.1) is 0 Å². The second-order valence-corrected chi connectivity index (χ2v) is 5.98. The first-order chi connectivity index (χ1) is 8.86. The second-order valence-electron chi connectivity index (χ2n) is 4.81. The van der Waals surface area contributed by atoms with Crippen molar-refractivity contribution in [3.63, 3.8) is 0 Å². The molecular weight excluding hydrogens is 240 g/mol. The normalized spacial score (nSPS) is 18.6. The highest BCUT2D eigenvalue weighted by molar-refractivity contribution is 7.11. The van der Waals surface area contributed by atoms with Gasteiger partial charge in [0.15, 0.2) is 0 Å². The number of benzene rings is 1. The molecule has 1 aromatic carbocycles. The molecule has 0 saturated carbocycles. The van der Waals surface area contributed by atoms with Gasteiger partial charge in [-0.25, -0.2) is 4.98 Å². The largest absolute Gasteiger partial charge is 0.312 e. The van der Waals surface area contributed by atoms with E-state index in [4.69, 9.17) is 4.98 Å². The maximum Gasteiger partial charge on any atom is 0.0975 e. The van der Waals surface area contributed by atoms with Gasteiger partial charge in [-0.2, -0.15) is 0 Å². The van der Waals surface area contributed by atoms with Crippen LogP contribution >= 0.6 is 11.3 Å². The molecule has 0 radical (unpaired) electrons. The van der Waals surface area contributed by atoms with Crippen molar-refractivity contribution >= 4 is 11.3 Å². The van der Waals surface area contributed by atoms with E-state index in [0.717, 1.165) is 6.42 Å². The minimum absolute atomic E-state index is 0.467. The summed E-state index contributed by atoms with van der Waals surface area (Å²) in [7, 11) is 2.04. The van der Waals surface area contributed by atoms with Gasteiger partial charge in [0.2, 0.25) is 0 Å². The van der Waals surface area contributed by atoms with Crippen LogP contribution < -0.4 is 5.32 Å². The van der Waals surface area contributed by atoms with Crippen molar-refractivity contribution < 1.29 is 0 Å². The Kier molecular flexibility index (Phi) is 3.43. The third kappa shape index (κ3) is 2.33. The van der Waals surface area contributed by atoms with Crippen molar-refractivity contribution in [3.05, 3.63) is 51.5 Å². The number of aryl methyl sites for hydroxylation is 1. The molecule has 0 saturated heterocycles. The number of thiazole rings is 1. The van der Waals surface area contributed by atoms with Crippen LogP contribution in [0.3, 0.4) is 0 Å². The standard InChI is InChI=1S/C15H18N2S/c1-16-12-8-5-9-13-15(12)17-14(18-13)10-11-6-3-2-4-7-11/h2-4,6-7,12,16H,5,8-10H2,1H3. The zero-order valence-electron chi connectivity index (χ0n) is 10.6. The second kappa shape index (κ2) is 5.21. The van der Waals surface area contributed by atoms with Gasteiger partial charge in [-0.3, -0.25) is 0 Å². The Morgan fingerprint density at radius 3 is 2.94 bits per heavy atom. The SMILES string of the molecule is CNC1CCCc2sc(Cc3ccccc3)nc21. The number of aromatic nitrogens is 1. The monoisotopic (exact) mass is 258 g/mol. The highest BCUT2D eigenvalue weighted by Gasteiger charge is 2.23. The summed E-state index contributed by atoms with van der Waals surface area (Å²) >= 11 is 1.90. The highest BCUT2D eigenvalue weighted by Crippen LogP contribution is 2.33. The third-order valence-corrected chi connectivity index (χ3v) is 4.68. The lowest BCUT2D eigenvalue weighted by Crippen LogP contribution is -2.21. The molecule has 2 nitrogen and oxygen atoms in total. The van der Waals surface area contributed by atoms with Gasteiger partial charge >= 0.3 is 0 Å². The topological polar surface area (TPSA) is 24.9 Å². The summed E-state index contributed by atoms with van der Waals surface area (Å²) in [5.74, 6) is 0. The van der Waals surface area contributed by atoms with Crippen LogP contribution in [-0.2, 0) is 12.8 Å². The zero-order chi connectivity index (χ0) is 12.4. The van der Waals surface area contributed by atoms with Gasteiger partial charge < -0.3 is 5.32 Å². The molecule has 0 amide bonds. The van der Waals surface area contributed by atoms with Crippen molar-refractivity contribution in [3.8, 4) is 0 Å². The molecule has 1 unspecified atom stereocenters. The minimum atomic E-state index is 0.467. The van der Waals surface area contributed by atoms with E-state index in [1.165, 1.54) is 40.4 Å². The number of nitrogens with zero attached hydrogens (tertiary/aromatic N) is 1. The van der Waals surface area contributed by atoms with Crippen LogP contribution in [0.1, 0.15) is 40.0 Å². The van der Waals surface area contributed by atoms with Crippen LogP contribution in [0.5, 0.6) is 0 Å². The maximum atomic E-state index is 4.85. The van der Waals surface area contributed by atoms with Crippen LogP contribution in [0.25, 0.3) is 0 Å². The van der Waals surface area contributed by atoms with Gasteiger partial charge in [0.25, 0.3) is 0 Å². The predicted octanol–water partition coefficient (Wildman–Crippen LogP) is 3.33. The summed E-state index contributed by atoms with van der Waals surface area (Å²) in [6.45, 7) is 0. The summed E-state index contributed by atoms with van der Waals surface area (Å²) in [5, 5.41) is 4.64. The number of hydrogen-bond donors (Lipinski definition) is 1. The van der Waals surface area contributed by atoms with Crippen molar-refractivity contribution in [1.29, 1.82) is 0 Å². The molecule has 1 aliphatic carbocycles. The van der Waals surface area contributed by atoms with Crippen molar-refractivity contribution in [2.45, 2.75) is 31.7 Å². The van der Waals surface area contributed by atoms with E-state index in [2.05, 4.69) is 35.6 Å². The molecular formula is C15H18N2S. The molecule has 0 aliphatic heterocycles. The molecule has 1 atom stereocenters. The van der Waals surface area contributed by atoms with E-state index in [-0.39, 0.29) is 0 Å². The Labute approximate surface area is 112 Å². The van der Waals surface area contributed by atoms with Gasteiger partial charge in [-0.15, -0.1) is 11.3 Å². The Hall–Kier alpha value is -1.19. The average molecular weight is 258 g/mol. The molecule has 94 valence electrons. The van der Waals surface area contributed by atoms with Gasteiger partial charge in [0.1, 0.15) is 0 Å². The first kappa shape index (κ1) is 11.9. The summed E-state index contributed by atoms with van der Waals surface area (Å²) in [5.41, 5.74) is 2.66. The minimum Gasteiger partial charge on any atom is -0.312 e. The first-order valence-electron chi connectivity index (χ1n) is 6.56. The lowest BCUT2D eigenvalue weighted by Gasteiger charge is -2.19. The fraction of sp³-hybridized carbons (Fsp3) is 0.400. The Bertz CT molecular complexity index is 519. The summed E-state index contributed by atoms with van der Waals surface area (Å²) in [6.07, 6.45) is 4.68. The molecule has 1 heterocycles. The number of nitrogens with one attached hydrogen (secondary N) is 1. The molecule has 3 rings (SSSR count). The van der Waals surface area contributed by atoms with E-state index in [1.54, 1.807) is 0 Å². The van der Waals surface area contributed by atoms with E-state index in [9.17, 15) is 0 Å². The Morgan fingerprint density at radius 1 is 1.33 bits per heavy atom. The number of rotatable bonds is 3. The highest BCUT2D eigenvalue weighted by atomic mass is 32.1. The van der Waals surface area contributed by atoms with E-state index in [0.29, 0.717) is 6.04 Å². The van der Waals surface area contributed by atoms with Crippen LogP contribution in [0.15, 0.2) is 30.3 Å². The zero-order valence-corrected chi connectivity index (χ0v) is 11.5. The lowest BCUT2D eigenvalue weighted by molar-refractivity contribution is 0.489. The fourth-order valence-corrected chi connectivity index (χ4v) is 3.80. The first-order valence-corrected chi connectivity index (χ1v) is 7.38. The van der Waals surface area contributed by atoms with Gasteiger partial charge in [-0.05, 0) is 31.9 Å². The predicted molar refractivity (Wildman–Crippen MR) is 76.1 cm³/mol. The van der Waals surface area contributed by atoms with Crippen molar-refractivity contribution in [2.75, 3.05) is 7.05 Å². The van der Waals surface area contributed by atoms with E-state index < -0.39 is 0 Å². The number of hydrogen-bond acceptors (Lipinski definition) is 3. The van der Waals surface area contributed by atoms with Crippen molar-refractivity contribution in [1.82, 2.24) is 10.3 Å². The Morgan fingerprint density at radius 2 is 2.17 bits per heavy atom. The molecule has 1 N–H and O–H groups in total. The third-order valence-electron chi connectivity index (χ3n) is 3.55. The van der Waals surface area contributed by atoms with Gasteiger partial charge in [0, 0.05) is 11.3 Å². The molecule has 0 spiro atoms. The Balaban J connectivity index is 1.84. The molecule has 0 bridgehead atoms. The number of fused-ring (bicyclic) bond motifs is 1. The summed E-state index contributed by atoms with van der Waals surface area (Å²) < 4.78 is 0. The molecule has 2 aromatic rings. The molecule has 3 heteroatoms. The molecule has 1 aromatic heterocycles. The van der Waals surface area contributed by atoms with E-state index >= 15 is 0 Å². The van der Waals surface area contributed by atoms with Crippen LogP contribution in [-0.4, -0.2) is 12.0 Å². The smallest absolute Gasteiger partial charge is 0.0975 e. The molecule has 18 heavy (non-hydrogen) atoms. The van der Waals surface area contributed by atoms with Crippen molar-refractivity contribution in [2.24, 2.45) is 0 Å². The lowest BCUT2D eigenvalue weighted by atomic mass is 9.98. The van der Waals surface area contributed by atoms with Gasteiger partial charge in [0.05, 0.1) is 16.7 Å². The molecule has 1 aliphatic rings. The van der Waals surface area contributed by atoms with Crippen LogP contribution in [0.2, 0.25) is 0 Å². The maximum absolute atomic E-state index is 4.85.